The number of benzene rings is 1. The number of nitrogens with zero attached hydrogens (tertiary/aromatic N) is 2. The summed E-state index contributed by atoms with van der Waals surface area (Å²) in [5.74, 6) is 0.207. The van der Waals surface area contributed by atoms with Crippen LogP contribution in [0.3, 0.4) is 0 Å². The summed E-state index contributed by atoms with van der Waals surface area (Å²) in [6.45, 7) is 5.93. The molecular weight excluding hydrogens is 396 g/mol. The van der Waals surface area contributed by atoms with Crippen molar-refractivity contribution in [2.24, 2.45) is 16.3 Å². The van der Waals surface area contributed by atoms with E-state index >= 15 is 0 Å². The van der Waals surface area contributed by atoms with E-state index in [1.54, 1.807) is 14.2 Å². The van der Waals surface area contributed by atoms with Gasteiger partial charge in [-0.25, -0.2) is 4.79 Å². The highest BCUT2D eigenvalue weighted by atomic mass is 16.5. The Bertz CT molecular complexity index is 942. The Balaban J connectivity index is 1.76. The zero-order valence-corrected chi connectivity index (χ0v) is 19.0. The van der Waals surface area contributed by atoms with Crippen LogP contribution in [0, 0.1) is 11.3 Å². The fourth-order valence-electron chi connectivity index (χ4n) is 5.70. The number of hydrogen-bond donors (Lipinski definition) is 1. The molecule has 1 N–H and O–H groups in total. The van der Waals surface area contributed by atoms with Crippen molar-refractivity contribution in [2.75, 3.05) is 34.4 Å². The topological polar surface area (TPSA) is 80.6 Å². The van der Waals surface area contributed by atoms with Gasteiger partial charge in [0.2, 0.25) is 0 Å². The molecule has 0 bridgehead atoms. The summed E-state index contributed by atoms with van der Waals surface area (Å²) in [4.78, 5) is 19.9. The molecule has 7 heteroatoms. The second-order valence-electron chi connectivity index (χ2n) is 9.04. The highest BCUT2D eigenvalue weighted by Gasteiger charge is 2.56. The molecule has 4 atom stereocenters. The van der Waals surface area contributed by atoms with Crippen LogP contribution >= 0.6 is 0 Å². The number of ether oxygens (including phenoxy) is 3. The molecule has 1 aromatic carbocycles. The van der Waals surface area contributed by atoms with Crippen molar-refractivity contribution < 1.29 is 24.1 Å². The first-order valence-electron chi connectivity index (χ1n) is 10.9. The summed E-state index contributed by atoms with van der Waals surface area (Å²) in [7, 11) is 4.56. The predicted molar refractivity (Wildman–Crippen MR) is 118 cm³/mol. The number of rotatable bonds is 5. The normalized spacial score (nSPS) is 32.5. The van der Waals surface area contributed by atoms with Crippen LogP contribution in [0.1, 0.15) is 38.7 Å². The molecule has 2 saturated heterocycles. The van der Waals surface area contributed by atoms with Crippen LogP contribution in [-0.4, -0.2) is 62.1 Å². The molecule has 0 aliphatic carbocycles. The number of esters is 1. The molecule has 3 heterocycles. The van der Waals surface area contributed by atoms with Crippen molar-refractivity contribution >= 4 is 17.4 Å². The van der Waals surface area contributed by atoms with Gasteiger partial charge in [0.25, 0.3) is 0 Å². The van der Waals surface area contributed by atoms with E-state index in [1.807, 2.05) is 18.2 Å². The van der Waals surface area contributed by atoms with Gasteiger partial charge >= 0.3 is 5.97 Å². The Morgan fingerprint density at radius 3 is 2.77 bits per heavy atom. The molecular formula is C24H32N2O5. The fraction of sp³-hybridized carbons (Fsp3) is 0.583. The van der Waals surface area contributed by atoms with Crippen molar-refractivity contribution in [1.82, 2.24) is 4.90 Å². The molecule has 31 heavy (non-hydrogen) atoms. The van der Waals surface area contributed by atoms with Gasteiger partial charge in [-0.05, 0) is 36.8 Å². The molecule has 0 saturated carbocycles. The summed E-state index contributed by atoms with van der Waals surface area (Å²) in [6.07, 6.45) is 3.65. The van der Waals surface area contributed by atoms with Gasteiger partial charge in [0.1, 0.15) is 11.4 Å². The van der Waals surface area contributed by atoms with E-state index in [2.05, 4.69) is 18.7 Å². The number of hydrogen-bond acceptors (Lipinski definition) is 7. The van der Waals surface area contributed by atoms with Crippen molar-refractivity contribution in [1.29, 1.82) is 0 Å². The van der Waals surface area contributed by atoms with Gasteiger partial charge in [0.15, 0.2) is 0 Å². The van der Waals surface area contributed by atoms with Gasteiger partial charge in [0.05, 0.1) is 56.2 Å². The molecule has 1 aromatic rings. The van der Waals surface area contributed by atoms with Crippen molar-refractivity contribution in [2.45, 2.75) is 44.8 Å². The number of methoxy groups -OCH3 is 3. The molecule has 7 nitrogen and oxygen atoms in total. The van der Waals surface area contributed by atoms with E-state index in [4.69, 9.17) is 19.2 Å². The minimum atomic E-state index is -1.15. The summed E-state index contributed by atoms with van der Waals surface area (Å²) < 4.78 is 15.9. The molecule has 2 fully saturated rings. The minimum absolute atomic E-state index is 0.0783. The van der Waals surface area contributed by atoms with Crippen LogP contribution in [-0.2, 0) is 19.9 Å². The molecule has 0 radical (unpaired) electrons. The van der Waals surface area contributed by atoms with Crippen molar-refractivity contribution in [3.05, 3.63) is 35.6 Å². The van der Waals surface area contributed by atoms with Crippen molar-refractivity contribution in [3.8, 4) is 5.75 Å². The minimum Gasteiger partial charge on any atom is -0.504 e. The maximum atomic E-state index is 12.6. The summed E-state index contributed by atoms with van der Waals surface area (Å²) >= 11 is 0. The second-order valence-corrected chi connectivity index (χ2v) is 9.04. The first-order chi connectivity index (χ1) is 14.8. The third-order valence-electron chi connectivity index (χ3n) is 7.53. The van der Waals surface area contributed by atoms with Gasteiger partial charge in [-0.15, -0.1) is 0 Å². The van der Waals surface area contributed by atoms with Crippen LogP contribution in [0.4, 0.5) is 5.69 Å². The average Bonchev–Trinajstić information content (AvgIpc) is 3.10. The molecule has 168 valence electrons. The Kier molecular flexibility index (Phi) is 5.60. The van der Waals surface area contributed by atoms with Crippen LogP contribution in [0.5, 0.6) is 5.75 Å². The molecule has 0 aromatic heterocycles. The van der Waals surface area contributed by atoms with Gasteiger partial charge in [0, 0.05) is 19.0 Å². The third-order valence-corrected chi connectivity index (χ3v) is 7.53. The van der Waals surface area contributed by atoms with E-state index in [0.29, 0.717) is 24.2 Å². The summed E-state index contributed by atoms with van der Waals surface area (Å²) in [5.41, 5.74) is 1.53. The smallest absolute Gasteiger partial charge is 0.337 e. The number of piperidine rings is 2. The lowest BCUT2D eigenvalue weighted by molar-refractivity contribution is -0.138. The van der Waals surface area contributed by atoms with E-state index in [0.717, 1.165) is 36.5 Å². The van der Waals surface area contributed by atoms with Crippen LogP contribution < -0.4 is 4.74 Å². The number of fused-ring (bicyclic) bond motifs is 5. The number of aliphatic imine (C=N–C) groups is 1. The summed E-state index contributed by atoms with van der Waals surface area (Å²) in [6, 6.07) is 5.61. The number of carbonyl (C=O) groups excluding carboxylic acids is 1. The number of aliphatic hydroxyl groups is 1. The van der Waals surface area contributed by atoms with Crippen LogP contribution in [0.15, 0.2) is 35.0 Å². The average molecular weight is 429 g/mol. The maximum absolute atomic E-state index is 12.6. The predicted octanol–water partition coefficient (Wildman–Crippen LogP) is 3.18. The molecule has 3 aliphatic heterocycles. The van der Waals surface area contributed by atoms with Gasteiger partial charge in [-0.1, -0.05) is 19.9 Å². The zero-order valence-electron chi connectivity index (χ0n) is 19.0. The van der Waals surface area contributed by atoms with E-state index in [1.165, 1.54) is 13.4 Å². The van der Waals surface area contributed by atoms with E-state index in [-0.39, 0.29) is 23.3 Å². The van der Waals surface area contributed by atoms with E-state index in [9.17, 15) is 9.90 Å². The third kappa shape index (κ3) is 3.26. The first-order valence-corrected chi connectivity index (χ1v) is 10.9. The Hall–Kier alpha value is -2.38. The Morgan fingerprint density at radius 1 is 1.35 bits per heavy atom. The van der Waals surface area contributed by atoms with Crippen LogP contribution in [0.25, 0.3) is 0 Å². The quantitative estimate of drug-likeness (QED) is 0.441. The second kappa shape index (κ2) is 7.95. The van der Waals surface area contributed by atoms with E-state index < -0.39 is 5.60 Å². The van der Waals surface area contributed by atoms with Gasteiger partial charge in [-0.3, -0.25) is 9.89 Å². The lowest BCUT2D eigenvalue weighted by Crippen LogP contribution is -2.63. The Morgan fingerprint density at radius 2 is 2.13 bits per heavy atom. The van der Waals surface area contributed by atoms with Crippen molar-refractivity contribution in [3.63, 3.8) is 0 Å². The summed E-state index contributed by atoms with van der Waals surface area (Å²) in [5, 5.41) is 11.8. The monoisotopic (exact) mass is 428 g/mol. The molecule has 3 aliphatic rings. The highest BCUT2D eigenvalue weighted by molar-refractivity contribution is 6.05. The zero-order chi connectivity index (χ0) is 22.4. The first kappa shape index (κ1) is 21.8. The highest BCUT2D eigenvalue weighted by Crippen LogP contribution is 2.53. The Labute approximate surface area is 183 Å². The lowest BCUT2D eigenvalue weighted by atomic mass is 9.63. The van der Waals surface area contributed by atoms with Crippen LogP contribution in [0.2, 0.25) is 0 Å². The maximum Gasteiger partial charge on any atom is 0.337 e. The lowest BCUT2D eigenvalue weighted by Gasteiger charge is -2.54. The molecule has 4 rings (SSSR count). The molecule has 1 unspecified atom stereocenters. The largest absolute Gasteiger partial charge is 0.504 e. The fourth-order valence-corrected chi connectivity index (χ4v) is 5.70. The standard InChI is InChI=1S/C24H32N2O5/c1-6-23(2)14-26-11-10-24(28)20-17(8-7-9-19(20)30-4)25-21(24)18(26)12-16(23)15(13-29-3)22(27)31-5/h7-9,13,16,18,28H,6,10-12,14H2,1-5H3/b15-13-/t16-,18+,23?,24+/m1/s1. The SMILES string of the molecule is CCC1(C)CN2CC[C@@]3(O)C(=Nc4cccc(OC)c43)[C@@H]2C[C@@H]1/C(=C/OC)C(=O)OC. The van der Waals surface area contributed by atoms with Gasteiger partial charge in [-0.2, -0.15) is 0 Å². The molecule has 0 amide bonds. The number of carbonyl (C=O) groups is 1. The molecule has 0 spiro atoms. The van der Waals surface area contributed by atoms with Gasteiger partial charge < -0.3 is 19.3 Å².